The number of hydrogen-bond donors (Lipinski definition) is 1. The second-order valence-corrected chi connectivity index (χ2v) is 29.4. The molecule has 0 amide bonds. The van der Waals surface area contributed by atoms with Crippen molar-refractivity contribution in [2.75, 3.05) is 0 Å². The van der Waals surface area contributed by atoms with Gasteiger partial charge in [0.25, 0.3) is 0 Å². The highest BCUT2D eigenvalue weighted by Crippen LogP contribution is 2.61. The first-order valence-electron chi connectivity index (χ1n) is 24.5. The Morgan fingerprint density at radius 2 is 0.758 bits per heavy atom. The zero-order valence-corrected chi connectivity index (χ0v) is 47.2. The number of hydrogen-bond acceptors (Lipinski definition) is 5. The van der Waals surface area contributed by atoms with Crippen LogP contribution in [-0.4, -0.2) is 5.11 Å². The molecule has 364 valence electrons. The van der Waals surface area contributed by atoms with E-state index in [1.807, 2.05) is 0 Å². The minimum absolute atomic E-state index is 0.176. The molecule has 1 aliphatic heterocycles. The zero-order chi connectivity index (χ0) is 50.7. The summed E-state index contributed by atoms with van der Waals surface area (Å²) in [6.45, 7) is 57.2. The van der Waals surface area contributed by atoms with E-state index in [1.165, 1.54) is 11.1 Å². The number of fused-ring (bicyclic) bond motifs is 2. The summed E-state index contributed by atoms with van der Waals surface area (Å²) in [5.74, 6) is 1.22. The van der Waals surface area contributed by atoms with E-state index < -0.39 is 30.0 Å². The van der Waals surface area contributed by atoms with E-state index in [0.717, 1.165) is 55.6 Å². The molecule has 6 heteroatoms. The lowest BCUT2D eigenvalue weighted by Crippen LogP contribution is -2.25. The van der Waals surface area contributed by atoms with Crippen LogP contribution >= 0.6 is 7.82 Å². The lowest BCUT2D eigenvalue weighted by atomic mass is 9.74. The Bertz CT molecular complexity index is 2440. The molecule has 0 aliphatic carbocycles. The SMILES string of the molecule is CC(c1cc(C(C)(C)C)cc(C(C)(C)C)c1O)c1cc(C(C)(C)C)cc(C(C)(C)C)c1OP1(=O)Oc2c(cc(C(C)(C)C)cc2C(C)(C)C)C(C)c2cc(C(C)(C)C)cc(C(C)(C)C)c2O1. The molecule has 0 saturated carbocycles. The van der Waals surface area contributed by atoms with Crippen molar-refractivity contribution in [3.8, 4) is 23.0 Å². The summed E-state index contributed by atoms with van der Waals surface area (Å²) in [5.41, 5.74) is 9.40. The van der Waals surface area contributed by atoms with Crippen LogP contribution in [-0.2, 0) is 47.9 Å². The third-order valence-corrected chi connectivity index (χ3v) is 14.9. The van der Waals surface area contributed by atoms with Crippen molar-refractivity contribution in [3.63, 3.8) is 0 Å². The van der Waals surface area contributed by atoms with Crippen LogP contribution < -0.4 is 13.6 Å². The second kappa shape index (κ2) is 16.8. The highest BCUT2D eigenvalue weighted by atomic mass is 31.2. The van der Waals surface area contributed by atoms with Gasteiger partial charge in [0.1, 0.15) is 23.0 Å². The molecule has 0 saturated heterocycles. The summed E-state index contributed by atoms with van der Waals surface area (Å²) in [6, 6.07) is 17.7. The van der Waals surface area contributed by atoms with Crippen LogP contribution in [0.3, 0.4) is 0 Å². The van der Waals surface area contributed by atoms with Crippen molar-refractivity contribution < 1.29 is 23.2 Å². The predicted octanol–water partition coefficient (Wildman–Crippen LogP) is 18.0. The minimum atomic E-state index is -4.66. The second-order valence-electron chi connectivity index (χ2n) is 28.0. The maximum Gasteiger partial charge on any atom is 0.647 e. The molecule has 1 aliphatic rings. The molecule has 1 N–H and O–H groups in total. The van der Waals surface area contributed by atoms with E-state index in [9.17, 15) is 5.11 Å². The molecule has 0 aromatic heterocycles. The lowest BCUT2D eigenvalue weighted by molar-refractivity contribution is 0.283. The molecular weight excluding hydrogens is 832 g/mol. The van der Waals surface area contributed by atoms with Crippen LogP contribution in [0.25, 0.3) is 0 Å². The highest BCUT2D eigenvalue weighted by molar-refractivity contribution is 7.49. The topological polar surface area (TPSA) is 65.0 Å². The molecule has 5 rings (SSSR count). The van der Waals surface area contributed by atoms with Gasteiger partial charge in [-0.15, -0.1) is 0 Å². The van der Waals surface area contributed by atoms with E-state index in [-0.39, 0.29) is 38.7 Å². The smallest absolute Gasteiger partial charge is 0.507 e. The van der Waals surface area contributed by atoms with Gasteiger partial charge in [-0.1, -0.05) is 229 Å². The monoisotopic (exact) mass is 921 g/mol. The Labute approximate surface area is 402 Å². The lowest BCUT2D eigenvalue weighted by Gasteiger charge is -2.37. The average Bonchev–Trinajstić information content (AvgIpc) is 3.10. The summed E-state index contributed by atoms with van der Waals surface area (Å²) >= 11 is 0. The normalized spacial score (nSPS) is 18.4. The Hall–Kier alpha value is -3.69. The van der Waals surface area contributed by atoms with Crippen molar-refractivity contribution >= 4 is 7.82 Å². The Morgan fingerprint density at radius 1 is 0.455 bits per heavy atom. The Balaban J connectivity index is 2.00. The number of aromatic hydroxyl groups is 1. The first-order valence-corrected chi connectivity index (χ1v) is 26.0. The number of phosphoric ester groups is 1. The molecule has 0 bridgehead atoms. The molecular formula is C60H89O5P. The van der Waals surface area contributed by atoms with Crippen molar-refractivity contribution in [2.24, 2.45) is 0 Å². The van der Waals surface area contributed by atoms with Gasteiger partial charge in [-0.25, -0.2) is 0 Å². The van der Waals surface area contributed by atoms with Gasteiger partial charge >= 0.3 is 7.82 Å². The number of benzene rings is 4. The minimum Gasteiger partial charge on any atom is -0.507 e. The van der Waals surface area contributed by atoms with Crippen LogP contribution in [0, 0.1) is 0 Å². The fourth-order valence-corrected chi connectivity index (χ4v) is 10.3. The van der Waals surface area contributed by atoms with Gasteiger partial charge in [0.05, 0.1) is 0 Å². The molecule has 66 heavy (non-hydrogen) atoms. The number of rotatable bonds is 4. The third-order valence-electron chi connectivity index (χ3n) is 13.7. The van der Waals surface area contributed by atoms with Crippen molar-refractivity contribution in [3.05, 3.63) is 115 Å². The van der Waals surface area contributed by atoms with Gasteiger partial charge in [0.15, 0.2) is 0 Å². The standard InChI is InChI=1S/C60H89O5P/c1-35(41-27-37(53(3,4)5)31-45(49(41)61)57(15,16)17)42-28-38(54(6,7)8)32-46(58(18,19)20)50(42)63-66(62)64-51-43(29-39(55(9,10)11)33-47(51)59(21,22)23)36(2)44-30-40(56(12,13)14)34-48(52(44)65-66)60(24,25)26/h27-36,61H,1-26H3. The molecule has 1 heterocycles. The van der Waals surface area contributed by atoms with Gasteiger partial charge < -0.3 is 18.7 Å². The van der Waals surface area contributed by atoms with Crippen LogP contribution in [0.1, 0.15) is 259 Å². The van der Waals surface area contributed by atoms with Crippen LogP contribution in [0.2, 0.25) is 0 Å². The van der Waals surface area contributed by atoms with E-state index >= 15 is 4.57 Å². The van der Waals surface area contributed by atoms with Crippen molar-refractivity contribution in [1.82, 2.24) is 0 Å². The zero-order valence-electron chi connectivity index (χ0n) is 46.3. The summed E-state index contributed by atoms with van der Waals surface area (Å²) in [7, 11) is -4.66. The molecule has 0 spiro atoms. The van der Waals surface area contributed by atoms with Crippen molar-refractivity contribution in [1.29, 1.82) is 0 Å². The summed E-state index contributed by atoms with van der Waals surface area (Å²) < 4.78 is 38.4. The molecule has 4 aromatic carbocycles. The van der Waals surface area contributed by atoms with Gasteiger partial charge in [0.2, 0.25) is 0 Å². The molecule has 0 radical (unpaired) electrons. The fraction of sp³-hybridized carbons (Fsp3) is 0.600. The van der Waals surface area contributed by atoms with E-state index in [0.29, 0.717) is 17.2 Å². The maximum atomic E-state index is 16.7. The number of phenols is 1. The first kappa shape index (κ1) is 53.3. The molecule has 1 atom stereocenters. The Morgan fingerprint density at radius 3 is 1.09 bits per heavy atom. The van der Waals surface area contributed by atoms with Crippen LogP contribution in [0.5, 0.6) is 23.0 Å². The van der Waals surface area contributed by atoms with E-state index in [2.05, 4.69) is 229 Å². The van der Waals surface area contributed by atoms with Crippen LogP contribution in [0.4, 0.5) is 0 Å². The summed E-state index contributed by atoms with van der Waals surface area (Å²) in [5, 5.41) is 12.4. The molecule has 0 fully saturated rings. The maximum absolute atomic E-state index is 16.7. The third kappa shape index (κ3) is 10.9. The first-order chi connectivity index (χ1) is 29.4. The molecule has 1 unspecified atom stereocenters. The number of phenolic OH excluding ortho intramolecular Hbond substituents is 1. The number of phosphoric acid groups is 1. The summed E-state index contributed by atoms with van der Waals surface area (Å²) in [4.78, 5) is 0. The van der Waals surface area contributed by atoms with E-state index in [4.69, 9.17) is 13.6 Å². The quantitative estimate of drug-likeness (QED) is 0.207. The fourth-order valence-electron chi connectivity index (χ4n) is 8.91. The van der Waals surface area contributed by atoms with E-state index in [1.54, 1.807) is 0 Å². The predicted molar refractivity (Wildman–Crippen MR) is 282 cm³/mol. The van der Waals surface area contributed by atoms with Gasteiger partial charge in [0, 0.05) is 50.8 Å². The average molecular weight is 921 g/mol. The molecule has 4 aromatic rings. The van der Waals surface area contributed by atoms with Crippen LogP contribution in [0.15, 0.2) is 48.5 Å². The molecule has 5 nitrogen and oxygen atoms in total. The van der Waals surface area contributed by atoms with Gasteiger partial charge in [-0.3, -0.25) is 0 Å². The van der Waals surface area contributed by atoms with Gasteiger partial charge in [-0.2, -0.15) is 4.57 Å². The highest BCUT2D eigenvalue weighted by Gasteiger charge is 2.45. The van der Waals surface area contributed by atoms with Gasteiger partial charge in [-0.05, 0) is 71.1 Å². The Kier molecular flexibility index (Phi) is 13.5. The summed E-state index contributed by atoms with van der Waals surface area (Å²) in [6.07, 6.45) is 0. The van der Waals surface area contributed by atoms with Crippen molar-refractivity contribution in [2.45, 2.75) is 235 Å². The largest absolute Gasteiger partial charge is 0.647 e.